The van der Waals surface area contributed by atoms with Crippen LogP contribution in [0.1, 0.15) is 31.0 Å². The molecule has 1 unspecified atom stereocenters. The van der Waals surface area contributed by atoms with Crippen LogP contribution < -0.4 is 15.2 Å². The molecule has 4 N–H and O–H groups in total. The molecular weight excluding hydrogens is 328 g/mol. The molecule has 1 aromatic carbocycles. The lowest BCUT2D eigenvalue weighted by Crippen LogP contribution is -2.47. The van der Waals surface area contributed by atoms with Crippen LogP contribution in [0.2, 0.25) is 0 Å². The lowest BCUT2D eigenvalue weighted by molar-refractivity contribution is 0.0833. The highest BCUT2D eigenvalue weighted by molar-refractivity contribution is 7.80. The van der Waals surface area contributed by atoms with Crippen LogP contribution in [-0.2, 0) is 6.42 Å². The number of hydrogen-bond donors (Lipinski definition) is 3. The summed E-state index contributed by atoms with van der Waals surface area (Å²) in [5.74, 6) is 0.991. The number of fused-ring (bicyclic) bond motifs is 1. The van der Waals surface area contributed by atoms with Gasteiger partial charge in [0.2, 0.25) is 0 Å². The van der Waals surface area contributed by atoms with E-state index in [1.165, 1.54) is 0 Å². The summed E-state index contributed by atoms with van der Waals surface area (Å²) in [6, 6.07) is 3.63. The molecule has 24 heavy (non-hydrogen) atoms. The zero-order valence-electron chi connectivity index (χ0n) is 14.2. The fraction of sp³-hybridized carbons (Fsp3) is 0.588. The minimum absolute atomic E-state index is 0.156. The van der Waals surface area contributed by atoms with E-state index in [0.717, 1.165) is 17.5 Å². The normalized spacial score (nSPS) is 16.9. The molecule has 1 aromatic rings. The highest BCUT2D eigenvalue weighted by Gasteiger charge is 2.35. The van der Waals surface area contributed by atoms with Gasteiger partial charge in [-0.3, -0.25) is 0 Å². The van der Waals surface area contributed by atoms with E-state index in [9.17, 15) is 10.2 Å². The van der Waals surface area contributed by atoms with Gasteiger partial charge in [0.25, 0.3) is 0 Å². The molecular formula is C17H26N2O4S. The maximum atomic E-state index is 9.69. The molecule has 0 saturated carbocycles. The summed E-state index contributed by atoms with van der Waals surface area (Å²) in [7, 11) is 0. The van der Waals surface area contributed by atoms with Crippen LogP contribution in [0.25, 0.3) is 0 Å². The van der Waals surface area contributed by atoms with Crippen molar-refractivity contribution in [2.45, 2.75) is 26.3 Å². The number of benzene rings is 1. The largest absolute Gasteiger partial charge is 0.490 e. The summed E-state index contributed by atoms with van der Waals surface area (Å²) in [4.78, 5) is 1.87. The van der Waals surface area contributed by atoms with E-state index in [4.69, 9.17) is 27.4 Å². The first-order chi connectivity index (χ1) is 11.6. The molecule has 0 bridgehead atoms. The molecule has 0 spiro atoms. The standard InChI is InChI=1S/C17H26N2O4S/c1-3-22-14-7-11-5-6-19(17(18)24)16(12(9-20)10-21)13(11)8-15(14)23-4-2/h7-8,12,16,20-21H,3-6,9-10H2,1-2H3,(H2,18,24). The first-order valence-electron chi connectivity index (χ1n) is 8.27. The molecule has 1 aliphatic heterocycles. The summed E-state index contributed by atoms with van der Waals surface area (Å²) in [6.07, 6.45) is 0.763. The first kappa shape index (κ1) is 18.8. The Morgan fingerprint density at radius 2 is 1.83 bits per heavy atom. The third-order valence-electron chi connectivity index (χ3n) is 4.28. The number of nitrogens with zero attached hydrogens (tertiary/aromatic N) is 1. The number of ether oxygens (including phenoxy) is 2. The van der Waals surface area contributed by atoms with E-state index in [2.05, 4.69) is 0 Å². The second kappa shape index (κ2) is 8.50. The van der Waals surface area contributed by atoms with Crippen LogP contribution >= 0.6 is 12.2 Å². The van der Waals surface area contributed by atoms with Crippen LogP contribution in [0, 0.1) is 5.92 Å². The lowest BCUT2D eigenvalue weighted by atomic mass is 9.85. The maximum absolute atomic E-state index is 9.69. The monoisotopic (exact) mass is 354 g/mol. The number of rotatable bonds is 7. The predicted molar refractivity (Wildman–Crippen MR) is 96.4 cm³/mol. The van der Waals surface area contributed by atoms with Gasteiger partial charge in [0.05, 0.1) is 32.5 Å². The predicted octanol–water partition coefficient (Wildman–Crippen LogP) is 1.23. The molecule has 0 fully saturated rings. The Labute approximate surface area is 148 Å². The molecule has 1 aliphatic rings. The Kier molecular flexibility index (Phi) is 6.65. The maximum Gasteiger partial charge on any atom is 0.166 e. The van der Waals surface area contributed by atoms with E-state index < -0.39 is 0 Å². The summed E-state index contributed by atoms with van der Waals surface area (Å²) < 4.78 is 11.4. The third-order valence-corrected chi connectivity index (χ3v) is 4.51. The second-order valence-electron chi connectivity index (χ2n) is 5.72. The van der Waals surface area contributed by atoms with Crippen molar-refractivity contribution in [1.29, 1.82) is 0 Å². The fourth-order valence-corrected chi connectivity index (χ4v) is 3.41. The van der Waals surface area contributed by atoms with Gasteiger partial charge in [-0.1, -0.05) is 0 Å². The average molecular weight is 354 g/mol. The quantitative estimate of drug-likeness (QED) is 0.635. The fourth-order valence-electron chi connectivity index (χ4n) is 3.21. The molecule has 7 heteroatoms. The van der Waals surface area contributed by atoms with Crippen LogP contribution in [0.4, 0.5) is 0 Å². The minimum atomic E-state index is -0.377. The van der Waals surface area contributed by atoms with Crippen molar-refractivity contribution in [3.8, 4) is 11.5 Å². The smallest absolute Gasteiger partial charge is 0.166 e. The highest BCUT2D eigenvalue weighted by Crippen LogP contribution is 2.41. The van der Waals surface area contributed by atoms with E-state index in [-0.39, 0.29) is 30.3 Å². The van der Waals surface area contributed by atoms with E-state index in [0.29, 0.717) is 31.3 Å². The zero-order valence-corrected chi connectivity index (χ0v) is 15.0. The van der Waals surface area contributed by atoms with E-state index >= 15 is 0 Å². The summed E-state index contributed by atoms with van der Waals surface area (Å²) >= 11 is 5.17. The van der Waals surface area contributed by atoms with Gasteiger partial charge in [0.1, 0.15) is 0 Å². The SMILES string of the molecule is CCOc1cc2c(cc1OCC)C(C(CO)CO)N(C(N)=S)CC2. The van der Waals surface area contributed by atoms with Crippen LogP contribution in [0.3, 0.4) is 0 Å². The molecule has 0 amide bonds. The first-order valence-corrected chi connectivity index (χ1v) is 8.68. The van der Waals surface area contributed by atoms with Crippen molar-refractivity contribution >= 4 is 17.3 Å². The molecule has 6 nitrogen and oxygen atoms in total. The van der Waals surface area contributed by atoms with Crippen molar-refractivity contribution in [3.05, 3.63) is 23.3 Å². The molecule has 1 atom stereocenters. The van der Waals surface area contributed by atoms with Gasteiger partial charge in [0.15, 0.2) is 16.6 Å². The molecule has 1 heterocycles. The number of thiocarbonyl (C=S) groups is 1. The highest BCUT2D eigenvalue weighted by atomic mass is 32.1. The molecule has 134 valence electrons. The Hall–Kier alpha value is -1.57. The van der Waals surface area contributed by atoms with Gasteiger partial charge in [-0.15, -0.1) is 0 Å². The van der Waals surface area contributed by atoms with Crippen LogP contribution in [0.5, 0.6) is 11.5 Å². The Morgan fingerprint density at radius 1 is 1.25 bits per heavy atom. The van der Waals surface area contributed by atoms with Gasteiger partial charge >= 0.3 is 0 Å². The van der Waals surface area contributed by atoms with Crippen molar-refractivity contribution in [2.75, 3.05) is 33.0 Å². The summed E-state index contributed by atoms with van der Waals surface area (Å²) in [5, 5.41) is 19.6. The van der Waals surface area contributed by atoms with E-state index in [1.54, 1.807) is 0 Å². The minimum Gasteiger partial charge on any atom is -0.490 e. The summed E-state index contributed by atoms with van der Waals surface area (Å²) in [5.41, 5.74) is 7.94. The topological polar surface area (TPSA) is 88.2 Å². The Morgan fingerprint density at radius 3 is 2.33 bits per heavy atom. The van der Waals surface area contributed by atoms with Gasteiger partial charge in [-0.05, 0) is 55.7 Å². The van der Waals surface area contributed by atoms with Crippen LogP contribution in [0.15, 0.2) is 12.1 Å². The third kappa shape index (κ3) is 3.74. The average Bonchev–Trinajstić information content (AvgIpc) is 2.57. The van der Waals surface area contributed by atoms with Crippen molar-refractivity contribution in [1.82, 2.24) is 4.90 Å². The van der Waals surface area contributed by atoms with Crippen molar-refractivity contribution in [3.63, 3.8) is 0 Å². The second-order valence-corrected chi connectivity index (χ2v) is 6.13. The van der Waals surface area contributed by atoms with Gasteiger partial charge in [0, 0.05) is 12.5 Å². The van der Waals surface area contributed by atoms with Gasteiger partial charge < -0.3 is 30.3 Å². The molecule has 0 aromatic heterocycles. The Balaban J connectivity index is 2.53. The zero-order chi connectivity index (χ0) is 17.7. The molecule has 0 aliphatic carbocycles. The number of aliphatic hydroxyl groups excluding tert-OH is 2. The Bertz CT molecular complexity index is 578. The summed E-state index contributed by atoms with van der Waals surface area (Å²) in [6.45, 7) is 5.25. The number of nitrogens with two attached hydrogens (primary N) is 1. The lowest BCUT2D eigenvalue weighted by Gasteiger charge is -2.41. The number of hydrogen-bond acceptors (Lipinski definition) is 5. The molecule has 0 saturated heterocycles. The van der Waals surface area contributed by atoms with Crippen molar-refractivity contribution < 1.29 is 19.7 Å². The molecule has 2 rings (SSSR count). The van der Waals surface area contributed by atoms with E-state index in [1.807, 2.05) is 30.9 Å². The number of aliphatic hydroxyl groups is 2. The van der Waals surface area contributed by atoms with Gasteiger partial charge in [-0.2, -0.15) is 0 Å². The van der Waals surface area contributed by atoms with Gasteiger partial charge in [-0.25, -0.2) is 0 Å². The van der Waals surface area contributed by atoms with Crippen molar-refractivity contribution in [2.24, 2.45) is 11.7 Å². The van der Waals surface area contributed by atoms with Crippen LogP contribution in [-0.4, -0.2) is 53.2 Å². The molecule has 0 radical (unpaired) electrons.